The molecule has 1 amide bonds. The van der Waals surface area contributed by atoms with Crippen molar-refractivity contribution in [3.05, 3.63) is 0 Å². The van der Waals surface area contributed by atoms with Crippen molar-refractivity contribution in [2.75, 3.05) is 6.54 Å². The van der Waals surface area contributed by atoms with Gasteiger partial charge in [0.15, 0.2) is 0 Å². The molecule has 0 saturated heterocycles. The molecule has 0 aromatic heterocycles. The van der Waals surface area contributed by atoms with E-state index < -0.39 is 12.2 Å². The molecule has 0 spiro atoms. The van der Waals surface area contributed by atoms with Crippen molar-refractivity contribution < 1.29 is 19.8 Å². The highest BCUT2D eigenvalue weighted by atomic mass is 16.3. The summed E-state index contributed by atoms with van der Waals surface area (Å²) in [5.41, 5.74) is 0. The minimum Gasteiger partial charge on any atom is -0.390 e. The van der Waals surface area contributed by atoms with E-state index >= 15 is 0 Å². The van der Waals surface area contributed by atoms with Crippen LogP contribution in [0.3, 0.4) is 0 Å². The molecule has 0 bridgehead atoms. The number of hydrogen-bond acceptors (Lipinski definition) is 4. The Hall–Kier alpha value is -0.940. The molecule has 2 atom stereocenters. The molecule has 2 unspecified atom stereocenters. The lowest BCUT2D eigenvalue weighted by Gasteiger charge is -2.17. The van der Waals surface area contributed by atoms with E-state index in [-0.39, 0.29) is 24.5 Å². The summed E-state index contributed by atoms with van der Waals surface area (Å²) in [6.45, 7) is 3.16. The van der Waals surface area contributed by atoms with Crippen LogP contribution < -0.4 is 5.32 Å². The van der Waals surface area contributed by atoms with Crippen LogP contribution in [0.5, 0.6) is 0 Å². The number of carbonyl (C=O) groups is 2. The Labute approximate surface area is 89.5 Å². The third-order valence-electron chi connectivity index (χ3n) is 2.05. The highest BCUT2D eigenvalue weighted by Crippen LogP contribution is 2.05. The Morgan fingerprint density at radius 1 is 1.13 bits per heavy atom. The molecule has 3 N–H and O–H groups in total. The minimum absolute atomic E-state index is 0.0110. The average molecular weight is 217 g/mol. The Kier molecular flexibility index (Phi) is 6.90. The van der Waals surface area contributed by atoms with Crippen LogP contribution in [0.4, 0.5) is 0 Å². The van der Waals surface area contributed by atoms with Crippen LogP contribution >= 0.6 is 0 Å². The van der Waals surface area contributed by atoms with Gasteiger partial charge in [-0.1, -0.05) is 0 Å². The van der Waals surface area contributed by atoms with Gasteiger partial charge >= 0.3 is 0 Å². The lowest BCUT2D eigenvalue weighted by Crippen LogP contribution is -2.31. The third-order valence-corrected chi connectivity index (χ3v) is 2.05. The van der Waals surface area contributed by atoms with Crippen LogP contribution in [0.2, 0.25) is 0 Å². The SMILES string of the molecule is CC(=O)CCC(O)C(O)CCNC(C)=O. The third kappa shape index (κ3) is 8.08. The lowest BCUT2D eigenvalue weighted by molar-refractivity contribution is -0.119. The normalized spacial score (nSPS) is 14.4. The maximum Gasteiger partial charge on any atom is 0.216 e. The van der Waals surface area contributed by atoms with Crippen LogP contribution in [0, 0.1) is 0 Å². The maximum atomic E-state index is 10.6. The zero-order valence-electron chi connectivity index (χ0n) is 9.19. The van der Waals surface area contributed by atoms with Crippen molar-refractivity contribution in [1.29, 1.82) is 0 Å². The number of carbonyl (C=O) groups excluding carboxylic acids is 2. The fourth-order valence-corrected chi connectivity index (χ4v) is 1.13. The number of rotatable bonds is 7. The van der Waals surface area contributed by atoms with E-state index in [4.69, 9.17) is 0 Å². The molecular formula is C10H19NO4. The van der Waals surface area contributed by atoms with Crippen molar-refractivity contribution >= 4 is 11.7 Å². The summed E-state index contributed by atoms with van der Waals surface area (Å²) in [6.07, 6.45) is -0.980. The van der Waals surface area contributed by atoms with Crippen molar-refractivity contribution in [2.24, 2.45) is 0 Å². The van der Waals surface area contributed by atoms with E-state index in [0.717, 1.165) is 0 Å². The van der Waals surface area contributed by atoms with Gasteiger partial charge in [-0.3, -0.25) is 4.79 Å². The monoisotopic (exact) mass is 217 g/mol. The molecule has 15 heavy (non-hydrogen) atoms. The fraction of sp³-hybridized carbons (Fsp3) is 0.800. The van der Waals surface area contributed by atoms with E-state index in [2.05, 4.69) is 5.32 Å². The van der Waals surface area contributed by atoms with Crippen molar-refractivity contribution in [1.82, 2.24) is 5.32 Å². The molecule has 0 rings (SSSR count). The summed E-state index contributed by atoms with van der Waals surface area (Å²) in [4.78, 5) is 21.1. The Morgan fingerprint density at radius 3 is 2.13 bits per heavy atom. The molecule has 5 nitrogen and oxygen atoms in total. The van der Waals surface area contributed by atoms with Gasteiger partial charge < -0.3 is 20.3 Å². The van der Waals surface area contributed by atoms with E-state index in [1.165, 1.54) is 13.8 Å². The van der Waals surface area contributed by atoms with Gasteiger partial charge in [-0.2, -0.15) is 0 Å². The van der Waals surface area contributed by atoms with Crippen LogP contribution in [0.15, 0.2) is 0 Å². The Bertz CT molecular complexity index is 217. The molecule has 0 aliphatic carbocycles. The highest BCUT2D eigenvalue weighted by Gasteiger charge is 2.16. The van der Waals surface area contributed by atoms with E-state index in [1.807, 2.05) is 0 Å². The topological polar surface area (TPSA) is 86.6 Å². The maximum absolute atomic E-state index is 10.6. The second kappa shape index (κ2) is 7.36. The molecule has 0 heterocycles. The molecular weight excluding hydrogens is 198 g/mol. The quantitative estimate of drug-likeness (QED) is 0.541. The predicted octanol–water partition coefficient (Wildman–Crippen LogP) is -0.396. The number of hydrogen-bond donors (Lipinski definition) is 3. The first-order chi connectivity index (χ1) is 6.93. The van der Waals surface area contributed by atoms with Gasteiger partial charge in [0.05, 0.1) is 12.2 Å². The van der Waals surface area contributed by atoms with Gasteiger partial charge in [0.1, 0.15) is 5.78 Å². The lowest BCUT2D eigenvalue weighted by atomic mass is 10.0. The Morgan fingerprint density at radius 2 is 1.67 bits per heavy atom. The molecule has 5 heteroatoms. The standard InChI is InChI=1S/C10H19NO4/c1-7(12)3-4-9(14)10(15)5-6-11-8(2)13/h9-10,14-15H,3-6H2,1-2H3,(H,11,13). The average Bonchev–Trinajstić information content (AvgIpc) is 2.13. The van der Waals surface area contributed by atoms with Gasteiger partial charge in [0, 0.05) is 19.9 Å². The summed E-state index contributed by atoms with van der Waals surface area (Å²) < 4.78 is 0. The summed E-state index contributed by atoms with van der Waals surface area (Å²) in [5.74, 6) is -0.177. The first-order valence-electron chi connectivity index (χ1n) is 5.03. The van der Waals surface area contributed by atoms with Crippen LogP contribution in [-0.2, 0) is 9.59 Å². The van der Waals surface area contributed by atoms with Gasteiger partial charge in [-0.05, 0) is 19.8 Å². The van der Waals surface area contributed by atoms with Gasteiger partial charge in [0.25, 0.3) is 0 Å². The van der Waals surface area contributed by atoms with Crippen molar-refractivity contribution in [3.8, 4) is 0 Å². The molecule has 0 aliphatic heterocycles. The predicted molar refractivity (Wildman–Crippen MR) is 55.2 cm³/mol. The van der Waals surface area contributed by atoms with Gasteiger partial charge in [0.2, 0.25) is 5.91 Å². The number of ketones is 1. The molecule has 88 valence electrons. The molecule has 0 radical (unpaired) electrons. The minimum atomic E-state index is -0.900. The molecule has 0 aliphatic rings. The number of nitrogens with one attached hydrogen (secondary N) is 1. The second-order valence-electron chi connectivity index (χ2n) is 3.65. The van der Waals surface area contributed by atoms with E-state index in [0.29, 0.717) is 13.0 Å². The van der Waals surface area contributed by atoms with Crippen LogP contribution in [-0.4, -0.2) is 40.7 Å². The second-order valence-corrected chi connectivity index (χ2v) is 3.65. The van der Waals surface area contributed by atoms with Gasteiger partial charge in [-0.25, -0.2) is 0 Å². The summed E-state index contributed by atoms with van der Waals surface area (Å²) in [5, 5.41) is 21.4. The largest absolute Gasteiger partial charge is 0.390 e. The molecule has 0 aromatic rings. The van der Waals surface area contributed by atoms with Crippen molar-refractivity contribution in [2.45, 2.75) is 45.3 Å². The van der Waals surface area contributed by atoms with E-state index in [9.17, 15) is 19.8 Å². The zero-order valence-corrected chi connectivity index (χ0v) is 9.19. The van der Waals surface area contributed by atoms with Crippen molar-refractivity contribution in [3.63, 3.8) is 0 Å². The first kappa shape index (κ1) is 14.1. The molecule has 0 aromatic carbocycles. The van der Waals surface area contributed by atoms with Gasteiger partial charge in [-0.15, -0.1) is 0 Å². The van der Waals surface area contributed by atoms with Crippen LogP contribution in [0.1, 0.15) is 33.1 Å². The number of aliphatic hydroxyl groups excluding tert-OH is 2. The zero-order chi connectivity index (χ0) is 11.8. The first-order valence-corrected chi connectivity index (χ1v) is 5.03. The summed E-state index contributed by atoms with van der Waals surface area (Å²) >= 11 is 0. The molecule has 0 fully saturated rings. The summed E-state index contributed by atoms with van der Waals surface area (Å²) in [7, 11) is 0. The van der Waals surface area contributed by atoms with E-state index in [1.54, 1.807) is 0 Å². The molecule has 0 saturated carbocycles. The number of Topliss-reactive ketones (excluding diaryl/α,β-unsaturated/α-hetero) is 1. The smallest absolute Gasteiger partial charge is 0.216 e. The highest BCUT2D eigenvalue weighted by molar-refractivity contribution is 5.75. The summed E-state index contributed by atoms with van der Waals surface area (Å²) in [6, 6.07) is 0. The Balaban J connectivity index is 3.63. The number of amides is 1. The van der Waals surface area contributed by atoms with Crippen LogP contribution in [0.25, 0.3) is 0 Å². The number of aliphatic hydroxyl groups is 2. The fourth-order valence-electron chi connectivity index (χ4n) is 1.13.